The van der Waals surface area contributed by atoms with Crippen LogP contribution in [-0.4, -0.2) is 24.0 Å². The van der Waals surface area contributed by atoms with Gasteiger partial charge in [0.1, 0.15) is 17.1 Å². The summed E-state index contributed by atoms with van der Waals surface area (Å²) in [7, 11) is 0. The van der Waals surface area contributed by atoms with Crippen molar-refractivity contribution in [3.8, 4) is 11.5 Å². The van der Waals surface area contributed by atoms with Crippen LogP contribution in [-0.2, 0) is 9.53 Å². The fourth-order valence-corrected chi connectivity index (χ4v) is 3.27. The van der Waals surface area contributed by atoms with Crippen molar-refractivity contribution in [2.45, 2.75) is 33.3 Å². The summed E-state index contributed by atoms with van der Waals surface area (Å²) in [5, 5.41) is 1.97. The molecule has 0 aliphatic carbocycles. The molecule has 0 fully saturated rings. The van der Waals surface area contributed by atoms with Crippen LogP contribution in [0.3, 0.4) is 0 Å². The Hall–Kier alpha value is -2.60. The van der Waals surface area contributed by atoms with Crippen LogP contribution in [0.5, 0.6) is 11.5 Å². The SMILES string of the molecule is Cc1ccsc1/C=C1\Oc2cc(OCC(=O)OC(C)(C)C)ccc2C1=O. The summed E-state index contributed by atoms with van der Waals surface area (Å²) in [6.07, 6.45) is 1.75. The first-order valence-electron chi connectivity index (χ1n) is 8.20. The van der Waals surface area contributed by atoms with Crippen molar-refractivity contribution in [2.24, 2.45) is 0 Å². The van der Waals surface area contributed by atoms with Crippen molar-refractivity contribution in [2.75, 3.05) is 6.61 Å². The summed E-state index contributed by atoms with van der Waals surface area (Å²) in [6.45, 7) is 7.16. The molecule has 0 saturated heterocycles. The molecule has 0 radical (unpaired) electrons. The molecule has 26 heavy (non-hydrogen) atoms. The Morgan fingerprint density at radius 3 is 2.69 bits per heavy atom. The number of hydrogen-bond acceptors (Lipinski definition) is 6. The van der Waals surface area contributed by atoms with Gasteiger partial charge in [-0.2, -0.15) is 0 Å². The maximum atomic E-state index is 12.5. The topological polar surface area (TPSA) is 61.8 Å². The number of benzene rings is 1. The fourth-order valence-electron chi connectivity index (χ4n) is 2.42. The Kier molecular flexibility index (Phi) is 4.87. The minimum atomic E-state index is -0.562. The zero-order valence-electron chi connectivity index (χ0n) is 15.1. The number of fused-ring (bicyclic) bond motifs is 1. The molecular formula is C20H20O5S. The molecule has 0 atom stereocenters. The van der Waals surface area contributed by atoms with Crippen LogP contribution < -0.4 is 9.47 Å². The number of esters is 1. The lowest BCUT2D eigenvalue weighted by Crippen LogP contribution is -2.27. The first-order chi connectivity index (χ1) is 12.2. The van der Waals surface area contributed by atoms with Crippen molar-refractivity contribution in [1.29, 1.82) is 0 Å². The van der Waals surface area contributed by atoms with Gasteiger partial charge < -0.3 is 14.2 Å². The normalized spacial score (nSPS) is 14.9. The zero-order chi connectivity index (χ0) is 18.9. The molecular weight excluding hydrogens is 352 g/mol. The molecule has 6 heteroatoms. The van der Waals surface area contributed by atoms with Gasteiger partial charge in [-0.3, -0.25) is 4.79 Å². The number of hydrogen-bond donors (Lipinski definition) is 0. The van der Waals surface area contributed by atoms with E-state index in [-0.39, 0.29) is 18.1 Å². The number of Topliss-reactive ketones (excluding diaryl/α,β-unsaturated/α-hetero) is 1. The molecule has 2 aromatic rings. The molecule has 2 heterocycles. The monoisotopic (exact) mass is 372 g/mol. The van der Waals surface area contributed by atoms with Gasteiger partial charge in [-0.25, -0.2) is 4.79 Å². The summed E-state index contributed by atoms with van der Waals surface area (Å²) < 4.78 is 16.3. The number of rotatable bonds is 4. The highest BCUT2D eigenvalue weighted by Gasteiger charge is 2.28. The smallest absolute Gasteiger partial charge is 0.344 e. The van der Waals surface area contributed by atoms with Gasteiger partial charge >= 0.3 is 5.97 Å². The molecule has 0 spiro atoms. The van der Waals surface area contributed by atoms with Crippen molar-refractivity contribution in [3.05, 3.63) is 51.4 Å². The molecule has 1 aliphatic heterocycles. The van der Waals surface area contributed by atoms with E-state index in [4.69, 9.17) is 14.2 Å². The Labute approximate surface area is 156 Å². The molecule has 1 aliphatic rings. The van der Waals surface area contributed by atoms with Gasteiger partial charge in [-0.05, 0) is 56.8 Å². The van der Waals surface area contributed by atoms with Gasteiger partial charge in [0.15, 0.2) is 12.4 Å². The van der Waals surface area contributed by atoms with Crippen LogP contribution in [0.4, 0.5) is 0 Å². The lowest BCUT2D eigenvalue weighted by atomic mass is 10.1. The van der Waals surface area contributed by atoms with Crippen LogP contribution in [0.2, 0.25) is 0 Å². The van der Waals surface area contributed by atoms with Crippen LogP contribution in [0, 0.1) is 6.92 Å². The van der Waals surface area contributed by atoms with Gasteiger partial charge in [-0.1, -0.05) is 0 Å². The third-order valence-electron chi connectivity index (χ3n) is 3.58. The van der Waals surface area contributed by atoms with E-state index in [0.29, 0.717) is 17.1 Å². The lowest BCUT2D eigenvalue weighted by molar-refractivity contribution is -0.157. The molecule has 0 amide bonds. The van der Waals surface area contributed by atoms with E-state index in [2.05, 4.69) is 0 Å². The summed E-state index contributed by atoms with van der Waals surface area (Å²) in [5.41, 5.74) is 1.01. The van der Waals surface area contributed by atoms with Gasteiger partial charge in [-0.15, -0.1) is 11.3 Å². The average Bonchev–Trinajstić information content (AvgIpc) is 3.08. The number of carbonyl (C=O) groups excluding carboxylic acids is 2. The second kappa shape index (κ2) is 6.96. The van der Waals surface area contributed by atoms with E-state index in [1.54, 1.807) is 56.4 Å². The minimum absolute atomic E-state index is 0.161. The molecule has 3 rings (SSSR count). The predicted molar refractivity (Wildman–Crippen MR) is 99.8 cm³/mol. The van der Waals surface area contributed by atoms with Crippen LogP contribution >= 0.6 is 11.3 Å². The highest BCUT2D eigenvalue weighted by atomic mass is 32.1. The van der Waals surface area contributed by atoms with Gasteiger partial charge in [0, 0.05) is 17.0 Å². The average molecular weight is 372 g/mol. The third-order valence-corrected chi connectivity index (χ3v) is 4.55. The first kappa shape index (κ1) is 18.2. The van der Waals surface area contributed by atoms with Crippen molar-refractivity contribution >= 4 is 29.2 Å². The molecule has 1 aromatic carbocycles. The fraction of sp³-hybridized carbons (Fsp3) is 0.300. The molecule has 5 nitrogen and oxygen atoms in total. The molecule has 0 N–H and O–H groups in total. The number of aryl methyl sites for hydroxylation is 1. The summed E-state index contributed by atoms with van der Waals surface area (Å²) >= 11 is 1.55. The summed E-state index contributed by atoms with van der Waals surface area (Å²) in [5.74, 6) is 0.540. The molecule has 0 unspecified atom stereocenters. The van der Waals surface area contributed by atoms with E-state index in [0.717, 1.165) is 10.4 Å². The second-order valence-corrected chi connectivity index (χ2v) is 7.89. The minimum Gasteiger partial charge on any atom is -0.482 e. The number of carbonyl (C=O) groups is 2. The van der Waals surface area contributed by atoms with Gasteiger partial charge in [0.2, 0.25) is 5.78 Å². The van der Waals surface area contributed by atoms with E-state index >= 15 is 0 Å². The molecule has 0 saturated carbocycles. The van der Waals surface area contributed by atoms with E-state index in [1.807, 2.05) is 18.4 Å². The van der Waals surface area contributed by atoms with Crippen molar-refractivity contribution in [1.82, 2.24) is 0 Å². The zero-order valence-corrected chi connectivity index (χ0v) is 15.9. The van der Waals surface area contributed by atoms with Crippen molar-refractivity contribution in [3.63, 3.8) is 0 Å². The predicted octanol–water partition coefficient (Wildman–Crippen LogP) is 4.39. The Balaban J connectivity index is 1.71. The van der Waals surface area contributed by atoms with E-state index in [1.165, 1.54) is 0 Å². The highest BCUT2D eigenvalue weighted by Crippen LogP contribution is 2.35. The maximum absolute atomic E-state index is 12.5. The van der Waals surface area contributed by atoms with E-state index < -0.39 is 11.6 Å². The quantitative estimate of drug-likeness (QED) is 0.588. The van der Waals surface area contributed by atoms with Gasteiger partial charge in [0.25, 0.3) is 0 Å². The largest absolute Gasteiger partial charge is 0.482 e. The van der Waals surface area contributed by atoms with Gasteiger partial charge in [0.05, 0.1) is 5.56 Å². The number of ketones is 1. The highest BCUT2D eigenvalue weighted by molar-refractivity contribution is 7.11. The van der Waals surface area contributed by atoms with Crippen LogP contribution in [0.25, 0.3) is 6.08 Å². The number of allylic oxidation sites excluding steroid dienone is 1. The summed E-state index contributed by atoms with van der Waals surface area (Å²) in [6, 6.07) is 6.89. The number of ether oxygens (including phenoxy) is 3. The summed E-state index contributed by atoms with van der Waals surface area (Å²) in [4.78, 5) is 25.2. The molecule has 1 aromatic heterocycles. The number of thiophene rings is 1. The third kappa shape index (κ3) is 4.14. The maximum Gasteiger partial charge on any atom is 0.344 e. The molecule has 0 bridgehead atoms. The standard InChI is InChI=1S/C20H20O5S/c1-12-7-8-26-17(12)10-16-19(22)14-6-5-13(9-15(14)24-16)23-11-18(21)25-20(2,3)4/h5-10H,11H2,1-4H3/b16-10-. The Bertz CT molecular complexity index is 886. The van der Waals surface area contributed by atoms with Crippen LogP contribution in [0.15, 0.2) is 35.4 Å². The first-order valence-corrected chi connectivity index (χ1v) is 9.08. The Morgan fingerprint density at radius 2 is 2.04 bits per heavy atom. The lowest BCUT2D eigenvalue weighted by Gasteiger charge is -2.19. The van der Waals surface area contributed by atoms with Crippen LogP contribution in [0.1, 0.15) is 41.6 Å². The Morgan fingerprint density at radius 1 is 1.27 bits per heavy atom. The molecule has 136 valence electrons. The van der Waals surface area contributed by atoms with Crippen molar-refractivity contribution < 1.29 is 23.8 Å². The van der Waals surface area contributed by atoms with E-state index in [9.17, 15) is 9.59 Å². The second-order valence-electron chi connectivity index (χ2n) is 6.94.